The molecule has 2 aromatic carbocycles. The highest BCUT2D eigenvalue weighted by Gasteiger charge is 2.29. The Labute approximate surface area is 129 Å². The number of hydrogen-bond acceptors (Lipinski definition) is 6. The first-order valence-corrected chi connectivity index (χ1v) is 7.60. The zero-order chi connectivity index (χ0) is 16.5. The van der Waals surface area contributed by atoms with Crippen molar-refractivity contribution in [3.8, 4) is 0 Å². The first-order valence-electron chi connectivity index (χ1n) is 5.74. The average Bonchev–Trinajstić information content (AvgIpc) is 2.46. The molecule has 2 rings (SSSR count). The smallest absolute Gasteiger partial charge is 0.289 e. The molecule has 0 saturated carbocycles. The highest BCUT2D eigenvalue weighted by molar-refractivity contribution is 7.91. The number of nitrogens with zero attached hydrogens (tertiary/aromatic N) is 1. The van der Waals surface area contributed by atoms with Crippen LogP contribution in [0.4, 0.5) is 5.69 Å². The molecule has 0 aliphatic heterocycles. The maximum Gasteiger partial charge on any atom is 0.289 e. The van der Waals surface area contributed by atoms with Gasteiger partial charge in [0.2, 0.25) is 9.84 Å². The maximum atomic E-state index is 12.5. The van der Waals surface area contributed by atoms with Gasteiger partial charge in [0.15, 0.2) is 0 Å². The van der Waals surface area contributed by atoms with Crippen LogP contribution in [0.3, 0.4) is 0 Å². The molecule has 0 saturated heterocycles. The summed E-state index contributed by atoms with van der Waals surface area (Å²) in [5.74, 6) is -1.65. The lowest BCUT2D eigenvalue weighted by Crippen LogP contribution is -2.22. The molecule has 7 nitrogen and oxygen atoms in total. The molecular formula is C13H7ClNO6S-. The summed E-state index contributed by atoms with van der Waals surface area (Å²) in [7, 11) is -4.27. The minimum Gasteiger partial charge on any atom is -0.545 e. The Hall–Kier alpha value is -2.45. The van der Waals surface area contributed by atoms with Crippen molar-refractivity contribution >= 4 is 33.1 Å². The van der Waals surface area contributed by atoms with Gasteiger partial charge in [-0.1, -0.05) is 29.8 Å². The van der Waals surface area contributed by atoms with Crippen molar-refractivity contribution in [3.63, 3.8) is 0 Å². The fourth-order valence-corrected chi connectivity index (χ4v) is 3.71. The van der Waals surface area contributed by atoms with E-state index in [0.29, 0.717) is 6.07 Å². The summed E-state index contributed by atoms with van der Waals surface area (Å²) in [5.41, 5.74) is -1.36. The summed E-state index contributed by atoms with van der Waals surface area (Å²) in [6.45, 7) is 0. The topological polar surface area (TPSA) is 117 Å². The molecule has 0 aromatic heterocycles. The Morgan fingerprint density at radius 3 is 2.27 bits per heavy atom. The van der Waals surface area contributed by atoms with Crippen LogP contribution in [0.2, 0.25) is 5.02 Å². The quantitative estimate of drug-likeness (QED) is 0.614. The molecule has 0 spiro atoms. The van der Waals surface area contributed by atoms with Crippen molar-refractivity contribution in [1.82, 2.24) is 0 Å². The number of carbonyl (C=O) groups is 1. The lowest BCUT2D eigenvalue weighted by molar-refractivity contribution is -0.387. The Morgan fingerprint density at radius 1 is 1.09 bits per heavy atom. The van der Waals surface area contributed by atoms with Gasteiger partial charge in [0, 0.05) is 11.6 Å². The molecule has 0 aliphatic carbocycles. The number of benzene rings is 2. The molecule has 0 atom stereocenters. The fourth-order valence-electron chi connectivity index (χ4n) is 1.80. The predicted octanol–water partition coefficient (Wildman–Crippen LogP) is 1.44. The third kappa shape index (κ3) is 2.78. The van der Waals surface area contributed by atoms with Crippen molar-refractivity contribution in [1.29, 1.82) is 0 Å². The molecule has 0 aliphatic rings. The second-order valence-electron chi connectivity index (χ2n) is 4.16. The van der Waals surface area contributed by atoms with Crippen LogP contribution in [0.15, 0.2) is 52.3 Å². The van der Waals surface area contributed by atoms with Crippen molar-refractivity contribution in [2.45, 2.75) is 9.79 Å². The number of aromatic carboxylic acids is 1. The van der Waals surface area contributed by atoms with Gasteiger partial charge in [0.05, 0.1) is 20.8 Å². The van der Waals surface area contributed by atoms with E-state index in [1.165, 1.54) is 24.3 Å². The van der Waals surface area contributed by atoms with E-state index in [4.69, 9.17) is 11.6 Å². The van der Waals surface area contributed by atoms with Crippen LogP contribution in [0.25, 0.3) is 0 Å². The average molecular weight is 341 g/mol. The molecule has 0 radical (unpaired) electrons. The summed E-state index contributed by atoms with van der Waals surface area (Å²) in [6.07, 6.45) is 0. The van der Waals surface area contributed by atoms with E-state index in [2.05, 4.69) is 0 Å². The van der Waals surface area contributed by atoms with Crippen LogP contribution in [0, 0.1) is 10.1 Å². The second-order valence-corrected chi connectivity index (χ2v) is 6.45. The number of halogens is 1. The van der Waals surface area contributed by atoms with E-state index in [1.807, 2.05) is 0 Å². The number of carboxylic acid groups (broad SMARTS) is 1. The minimum absolute atomic E-state index is 0.0965. The van der Waals surface area contributed by atoms with E-state index in [9.17, 15) is 28.4 Å². The molecule has 9 heteroatoms. The third-order valence-corrected chi connectivity index (χ3v) is 5.11. The van der Waals surface area contributed by atoms with Gasteiger partial charge in [-0.15, -0.1) is 0 Å². The molecule has 0 unspecified atom stereocenters. The molecular weight excluding hydrogens is 334 g/mol. The summed E-state index contributed by atoms with van der Waals surface area (Å²) in [5, 5.41) is 21.7. The SMILES string of the molecule is O=C([O-])c1ccc(S(=O)(=O)c2ccccc2Cl)c([N+](=O)[O-])c1. The van der Waals surface area contributed by atoms with Crippen LogP contribution >= 0.6 is 11.6 Å². The van der Waals surface area contributed by atoms with E-state index in [0.717, 1.165) is 12.1 Å². The Kier molecular flexibility index (Phi) is 4.16. The number of nitro benzene ring substituents is 1. The summed E-state index contributed by atoms with van der Waals surface area (Å²) in [6, 6.07) is 7.87. The molecule has 2 aromatic rings. The Balaban J connectivity index is 2.74. The molecule has 114 valence electrons. The van der Waals surface area contributed by atoms with Crippen molar-refractivity contribution in [2.24, 2.45) is 0 Å². The summed E-state index contributed by atoms with van der Waals surface area (Å²) < 4.78 is 25.0. The van der Waals surface area contributed by atoms with Gasteiger partial charge in [-0.3, -0.25) is 10.1 Å². The fraction of sp³-hybridized carbons (Fsp3) is 0. The van der Waals surface area contributed by atoms with Crippen LogP contribution in [0.5, 0.6) is 0 Å². The van der Waals surface area contributed by atoms with Crippen molar-refractivity contribution < 1.29 is 23.2 Å². The molecule has 22 heavy (non-hydrogen) atoms. The van der Waals surface area contributed by atoms with Gasteiger partial charge in [0.25, 0.3) is 5.69 Å². The summed E-state index contributed by atoms with van der Waals surface area (Å²) >= 11 is 5.82. The normalized spacial score (nSPS) is 11.1. The first-order chi connectivity index (χ1) is 10.2. The molecule has 0 fully saturated rings. The number of nitro groups is 1. The van der Waals surface area contributed by atoms with Gasteiger partial charge in [-0.2, -0.15) is 0 Å². The van der Waals surface area contributed by atoms with E-state index in [-0.39, 0.29) is 9.92 Å². The highest BCUT2D eigenvalue weighted by Crippen LogP contribution is 2.33. The lowest BCUT2D eigenvalue weighted by atomic mass is 10.2. The lowest BCUT2D eigenvalue weighted by Gasteiger charge is -2.09. The standard InChI is InChI=1S/C13H8ClNO6S/c14-9-3-1-2-4-11(9)22(20,21)12-6-5-8(13(16)17)7-10(12)15(18)19/h1-7H,(H,16,17)/p-1. The Morgan fingerprint density at radius 2 is 1.73 bits per heavy atom. The Bertz CT molecular complexity index is 878. The van der Waals surface area contributed by atoms with E-state index < -0.39 is 36.9 Å². The zero-order valence-electron chi connectivity index (χ0n) is 10.7. The van der Waals surface area contributed by atoms with Gasteiger partial charge < -0.3 is 9.90 Å². The first kappa shape index (κ1) is 15.9. The van der Waals surface area contributed by atoms with Crippen molar-refractivity contribution in [2.75, 3.05) is 0 Å². The third-order valence-electron chi connectivity index (χ3n) is 2.81. The van der Waals surface area contributed by atoms with Gasteiger partial charge in [-0.05, 0) is 18.2 Å². The number of sulfone groups is 1. The number of carbonyl (C=O) groups excluding carboxylic acids is 1. The summed E-state index contributed by atoms with van der Waals surface area (Å²) in [4.78, 5) is 19.9. The highest BCUT2D eigenvalue weighted by atomic mass is 35.5. The molecule has 0 bridgehead atoms. The van der Waals surface area contributed by atoms with Gasteiger partial charge in [0.1, 0.15) is 4.90 Å². The maximum absolute atomic E-state index is 12.5. The molecule has 0 amide bonds. The van der Waals surface area contributed by atoms with Gasteiger partial charge in [-0.25, -0.2) is 8.42 Å². The largest absolute Gasteiger partial charge is 0.545 e. The van der Waals surface area contributed by atoms with Crippen LogP contribution in [0.1, 0.15) is 10.4 Å². The molecule has 0 heterocycles. The van der Waals surface area contributed by atoms with E-state index >= 15 is 0 Å². The number of rotatable bonds is 4. The van der Waals surface area contributed by atoms with Crippen LogP contribution in [-0.4, -0.2) is 19.3 Å². The van der Waals surface area contributed by atoms with E-state index in [1.54, 1.807) is 0 Å². The molecule has 0 N–H and O–H groups in total. The van der Waals surface area contributed by atoms with Crippen LogP contribution in [-0.2, 0) is 9.84 Å². The monoisotopic (exact) mass is 340 g/mol. The second kappa shape index (κ2) is 5.74. The minimum atomic E-state index is -4.27. The van der Waals surface area contributed by atoms with Crippen molar-refractivity contribution in [3.05, 3.63) is 63.2 Å². The number of carboxylic acids is 1. The predicted molar refractivity (Wildman–Crippen MR) is 74.3 cm³/mol. The number of hydrogen-bond donors (Lipinski definition) is 0. The van der Waals surface area contributed by atoms with Crippen LogP contribution < -0.4 is 5.11 Å². The van der Waals surface area contributed by atoms with Gasteiger partial charge >= 0.3 is 0 Å². The zero-order valence-corrected chi connectivity index (χ0v) is 12.3.